The van der Waals surface area contributed by atoms with Gasteiger partial charge in [-0.05, 0) is 30.7 Å². The van der Waals surface area contributed by atoms with E-state index < -0.39 is 30.2 Å². The monoisotopic (exact) mass is 294 g/mol. The number of carboxylic acid groups (broad SMARTS) is 1. The van der Waals surface area contributed by atoms with Crippen LogP contribution in [0.1, 0.15) is 37.4 Å². The fraction of sp³-hybridized carbons (Fsp3) is 0.562. The van der Waals surface area contributed by atoms with Crippen molar-refractivity contribution in [2.45, 2.75) is 44.0 Å². The molecule has 0 spiro atoms. The van der Waals surface area contributed by atoms with Gasteiger partial charge in [0.05, 0.1) is 24.7 Å². The Bertz CT molecular complexity index is 461. The molecule has 0 heterocycles. The fourth-order valence-electron chi connectivity index (χ4n) is 3.26. The molecule has 116 valence electrons. The molecule has 1 aromatic carbocycles. The van der Waals surface area contributed by atoms with Crippen molar-refractivity contribution in [2.75, 3.05) is 0 Å². The van der Waals surface area contributed by atoms with Crippen molar-refractivity contribution < 1.29 is 25.2 Å². The Labute approximate surface area is 123 Å². The molecule has 0 amide bonds. The maximum atomic E-state index is 10.9. The van der Waals surface area contributed by atoms with Crippen LogP contribution < -0.4 is 0 Å². The summed E-state index contributed by atoms with van der Waals surface area (Å²) in [5, 5.41) is 38.9. The number of aliphatic hydroxyl groups excluding tert-OH is 3. The lowest BCUT2D eigenvalue weighted by molar-refractivity contribution is -0.139. The Kier molecular flexibility index (Phi) is 5.33. The van der Waals surface area contributed by atoms with Crippen LogP contribution in [0.4, 0.5) is 0 Å². The third kappa shape index (κ3) is 4.03. The van der Waals surface area contributed by atoms with E-state index in [4.69, 9.17) is 5.11 Å². The molecule has 21 heavy (non-hydrogen) atoms. The first-order valence-corrected chi connectivity index (χ1v) is 7.30. The first-order chi connectivity index (χ1) is 9.99. The second-order valence-electron chi connectivity index (χ2n) is 5.80. The summed E-state index contributed by atoms with van der Waals surface area (Å²) in [6.45, 7) is 0. The Hall–Kier alpha value is -1.43. The molecule has 5 nitrogen and oxygen atoms in total. The van der Waals surface area contributed by atoms with Crippen molar-refractivity contribution in [2.24, 2.45) is 11.8 Å². The minimum absolute atomic E-state index is 0.148. The van der Waals surface area contributed by atoms with Gasteiger partial charge in [-0.15, -0.1) is 0 Å². The summed E-state index contributed by atoms with van der Waals surface area (Å²) in [5.41, 5.74) is 0.806. The van der Waals surface area contributed by atoms with Crippen LogP contribution in [0, 0.1) is 11.8 Å². The van der Waals surface area contributed by atoms with Crippen molar-refractivity contribution in [3.05, 3.63) is 35.9 Å². The molecule has 0 aliphatic heterocycles. The summed E-state index contributed by atoms with van der Waals surface area (Å²) in [6, 6.07) is 9.23. The second-order valence-corrected chi connectivity index (χ2v) is 5.80. The van der Waals surface area contributed by atoms with Gasteiger partial charge in [0, 0.05) is 5.92 Å². The molecule has 0 radical (unpaired) electrons. The molecule has 1 unspecified atom stereocenters. The predicted molar refractivity (Wildman–Crippen MR) is 76.5 cm³/mol. The van der Waals surface area contributed by atoms with Crippen molar-refractivity contribution in [3.63, 3.8) is 0 Å². The van der Waals surface area contributed by atoms with E-state index in [0.29, 0.717) is 12.8 Å². The van der Waals surface area contributed by atoms with Crippen LogP contribution in [0.15, 0.2) is 30.3 Å². The van der Waals surface area contributed by atoms with Gasteiger partial charge in [0.15, 0.2) is 0 Å². The SMILES string of the molecule is O=C(O)C[C@@H]1[C@@H](CCC(O)c2ccccc2)[C@H](O)C[C@@H]1O. The summed E-state index contributed by atoms with van der Waals surface area (Å²) in [7, 11) is 0. The lowest BCUT2D eigenvalue weighted by atomic mass is 9.85. The van der Waals surface area contributed by atoms with E-state index in [1.807, 2.05) is 30.3 Å². The van der Waals surface area contributed by atoms with Crippen LogP contribution in [-0.2, 0) is 4.79 Å². The number of hydrogen-bond acceptors (Lipinski definition) is 4. The summed E-state index contributed by atoms with van der Waals surface area (Å²) in [5.74, 6) is -1.70. The Morgan fingerprint density at radius 1 is 1.14 bits per heavy atom. The van der Waals surface area contributed by atoms with Gasteiger partial charge in [-0.1, -0.05) is 30.3 Å². The Morgan fingerprint density at radius 3 is 2.38 bits per heavy atom. The lowest BCUT2D eigenvalue weighted by Crippen LogP contribution is -2.25. The largest absolute Gasteiger partial charge is 0.481 e. The van der Waals surface area contributed by atoms with Gasteiger partial charge >= 0.3 is 5.97 Å². The van der Waals surface area contributed by atoms with E-state index in [0.717, 1.165) is 5.56 Å². The van der Waals surface area contributed by atoms with Crippen LogP contribution in [0.25, 0.3) is 0 Å². The molecule has 1 aromatic rings. The maximum Gasteiger partial charge on any atom is 0.303 e. The van der Waals surface area contributed by atoms with Crippen molar-refractivity contribution in [3.8, 4) is 0 Å². The van der Waals surface area contributed by atoms with Gasteiger partial charge < -0.3 is 20.4 Å². The highest BCUT2D eigenvalue weighted by molar-refractivity contribution is 5.67. The summed E-state index contributed by atoms with van der Waals surface area (Å²) in [4.78, 5) is 10.9. The van der Waals surface area contributed by atoms with E-state index in [1.165, 1.54) is 0 Å². The van der Waals surface area contributed by atoms with Crippen molar-refractivity contribution in [1.82, 2.24) is 0 Å². The molecule has 1 fully saturated rings. The second kappa shape index (κ2) is 7.02. The smallest absolute Gasteiger partial charge is 0.303 e. The molecule has 0 bridgehead atoms. The van der Waals surface area contributed by atoms with Crippen molar-refractivity contribution >= 4 is 5.97 Å². The minimum Gasteiger partial charge on any atom is -0.481 e. The number of hydrogen-bond donors (Lipinski definition) is 4. The first kappa shape index (κ1) is 15.9. The number of carbonyl (C=O) groups is 1. The fourth-order valence-corrected chi connectivity index (χ4v) is 3.26. The molecule has 0 saturated heterocycles. The number of carboxylic acids is 1. The number of benzene rings is 1. The zero-order valence-electron chi connectivity index (χ0n) is 11.8. The maximum absolute atomic E-state index is 10.9. The zero-order chi connectivity index (χ0) is 15.4. The average Bonchev–Trinajstić information content (AvgIpc) is 2.71. The van der Waals surface area contributed by atoms with Gasteiger partial charge in [0.25, 0.3) is 0 Å². The molecule has 1 aliphatic rings. The molecule has 4 N–H and O–H groups in total. The van der Waals surface area contributed by atoms with Gasteiger partial charge in [0.2, 0.25) is 0 Å². The van der Waals surface area contributed by atoms with Crippen LogP contribution in [0.2, 0.25) is 0 Å². The molecule has 1 saturated carbocycles. The van der Waals surface area contributed by atoms with E-state index in [2.05, 4.69) is 0 Å². The standard InChI is InChI=1S/C16H22O5/c17-13(10-4-2-1-3-5-10)7-6-11-12(8-16(20)21)15(19)9-14(11)18/h1-5,11-15,17-19H,6-9H2,(H,20,21)/t11-,12-,13?,14-,15+/m1/s1. The van der Waals surface area contributed by atoms with Crippen LogP contribution in [0.5, 0.6) is 0 Å². The van der Waals surface area contributed by atoms with E-state index in [9.17, 15) is 20.1 Å². The lowest BCUT2D eigenvalue weighted by Gasteiger charge is -2.23. The van der Waals surface area contributed by atoms with Gasteiger partial charge in [-0.3, -0.25) is 4.79 Å². The van der Waals surface area contributed by atoms with Gasteiger partial charge in [0.1, 0.15) is 0 Å². The summed E-state index contributed by atoms with van der Waals surface area (Å²) < 4.78 is 0. The highest BCUT2D eigenvalue weighted by atomic mass is 16.4. The van der Waals surface area contributed by atoms with Crippen LogP contribution in [0.3, 0.4) is 0 Å². The third-order valence-electron chi connectivity index (χ3n) is 4.39. The molecule has 2 rings (SSSR count). The first-order valence-electron chi connectivity index (χ1n) is 7.30. The third-order valence-corrected chi connectivity index (χ3v) is 4.39. The van der Waals surface area contributed by atoms with E-state index in [1.54, 1.807) is 0 Å². The highest BCUT2D eigenvalue weighted by Crippen LogP contribution is 2.39. The molecule has 5 heteroatoms. The molecule has 0 aromatic heterocycles. The normalized spacial score (nSPS) is 30.2. The van der Waals surface area contributed by atoms with E-state index in [-0.39, 0.29) is 18.8 Å². The zero-order valence-corrected chi connectivity index (χ0v) is 11.8. The average molecular weight is 294 g/mol. The Balaban J connectivity index is 1.95. The minimum atomic E-state index is -0.971. The van der Waals surface area contributed by atoms with Gasteiger partial charge in [-0.25, -0.2) is 0 Å². The summed E-state index contributed by atoms with van der Waals surface area (Å²) >= 11 is 0. The Morgan fingerprint density at radius 2 is 1.76 bits per heavy atom. The molecular formula is C16H22O5. The highest BCUT2D eigenvalue weighted by Gasteiger charge is 2.42. The van der Waals surface area contributed by atoms with Crippen LogP contribution in [-0.4, -0.2) is 38.6 Å². The number of aliphatic carboxylic acids is 1. The number of aliphatic hydroxyl groups is 3. The summed E-state index contributed by atoms with van der Waals surface area (Å²) in [6.07, 6.45) is -1.13. The van der Waals surface area contributed by atoms with Crippen LogP contribution >= 0.6 is 0 Å². The van der Waals surface area contributed by atoms with Gasteiger partial charge in [-0.2, -0.15) is 0 Å². The molecule has 1 aliphatic carbocycles. The van der Waals surface area contributed by atoms with Crippen molar-refractivity contribution in [1.29, 1.82) is 0 Å². The number of rotatable bonds is 6. The molecule has 5 atom stereocenters. The molecular weight excluding hydrogens is 272 g/mol. The predicted octanol–water partition coefficient (Wildman–Crippen LogP) is 1.33. The topological polar surface area (TPSA) is 98.0 Å². The van der Waals surface area contributed by atoms with E-state index >= 15 is 0 Å². The quantitative estimate of drug-likeness (QED) is 0.634.